The Balaban J connectivity index is 1.82. The molecule has 0 spiro atoms. The van der Waals surface area contributed by atoms with Gasteiger partial charge in [-0.1, -0.05) is 12.1 Å². The number of anilines is 2. The summed E-state index contributed by atoms with van der Waals surface area (Å²) >= 11 is 3.27. The molecule has 0 unspecified atom stereocenters. The average Bonchev–Trinajstić information content (AvgIpc) is 2.77. The van der Waals surface area contributed by atoms with Crippen molar-refractivity contribution in [3.8, 4) is 0 Å². The summed E-state index contributed by atoms with van der Waals surface area (Å²) in [5, 5.41) is 28.3. The van der Waals surface area contributed by atoms with Crippen molar-refractivity contribution in [2.75, 3.05) is 23.8 Å². The lowest BCUT2D eigenvalue weighted by atomic mass is 10.2. The summed E-state index contributed by atoms with van der Waals surface area (Å²) in [7, 11) is 0. The van der Waals surface area contributed by atoms with Crippen molar-refractivity contribution in [1.82, 2.24) is 16.0 Å². The first-order valence-electron chi connectivity index (χ1n) is 9.45. The molecule has 2 aromatic rings. The third-order valence-corrected chi connectivity index (χ3v) is 4.72. The molecule has 12 nitrogen and oxygen atoms in total. The number of rotatable bonds is 8. The highest BCUT2D eigenvalue weighted by molar-refractivity contribution is 9.10. The van der Waals surface area contributed by atoms with Crippen LogP contribution in [0.1, 0.15) is 10.4 Å². The number of carbonyl (C=O) groups excluding carboxylic acids is 4. The van der Waals surface area contributed by atoms with E-state index in [1.54, 1.807) is 24.3 Å². The second-order valence-electron chi connectivity index (χ2n) is 6.52. The molecule has 0 aliphatic heterocycles. The van der Waals surface area contributed by atoms with Crippen LogP contribution in [0.2, 0.25) is 0 Å². The number of halogens is 1. The first-order chi connectivity index (χ1) is 15.7. The highest BCUT2D eigenvalue weighted by Gasteiger charge is 2.21. The van der Waals surface area contributed by atoms with Gasteiger partial charge in [-0.05, 0) is 52.3 Å². The fourth-order valence-electron chi connectivity index (χ4n) is 2.47. The molecule has 0 saturated heterocycles. The molecule has 0 radical (unpaired) electrons. The monoisotopic (exact) mass is 519 g/mol. The second-order valence-corrected chi connectivity index (χ2v) is 7.38. The second kappa shape index (κ2) is 12.2. The standard InChI is InChI=1S/C20H22BrN7O5/c21-13-3-1-2-4-14(13)26-20(33)27-15(10-29)18(32)24-9-16(30)28-17(31)11-5-7-12(8-6-11)25-19(22)23/h1-8,15,29H,9-10H2,(H,24,32)(H4,22,23,25)(H2,26,27,33)(H,28,30,31)/t15-/m0/s1. The van der Waals surface area contributed by atoms with Crippen molar-refractivity contribution < 1.29 is 24.3 Å². The lowest BCUT2D eigenvalue weighted by molar-refractivity contribution is -0.127. The third kappa shape index (κ3) is 8.23. The molecule has 174 valence electrons. The average molecular weight is 520 g/mol. The molecule has 5 amide bonds. The predicted octanol–water partition coefficient (Wildman–Crippen LogP) is 0.310. The first-order valence-corrected chi connectivity index (χ1v) is 10.2. The van der Waals surface area contributed by atoms with Gasteiger partial charge in [0.1, 0.15) is 6.04 Å². The summed E-state index contributed by atoms with van der Waals surface area (Å²) < 4.78 is 0.622. The van der Waals surface area contributed by atoms with Crippen molar-refractivity contribution in [2.24, 2.45) is 5.73 Å². The molecule has 2 aromatic carbocycles. The van der Waals surface area contributed by atoms with Crippen LogP contribution in [0.4, 0.5) is 16.2 Å². The lowest BCUT2D eigenvalue weighted by Crippen LogP contribution is -2.52. The van der Waals surface area contributed by atoms with Gasteiger partial charge in [-0.25, -0.2) is 4.79 Å². The Morgan fingerprint density at radius 2 is 1.70 bits per heavy atom. The summed E-state index contributed by atoms with van der Waals surface area (Å²) in [6.07, 6.45) is 0. The van der Waals surface area contributed by atoms with Gasteiger partial charge in [-0.3, -0.25) is 25.1 Å². The van der Waals surface area contributed by atoms with E-state index in [2.05, 4.69) is 42.5 Å². The quantitative estimate of drug-likeness (QED) is 0.181. The number of aliphatic hydroxyl groups is 1. The molecule has 33 heavy (non-hydrogen) atoms. The van der Waals surface area contributed by atoms with Gasteiger partial charge in [0.15, 0.2) is 5.96 Å². The van der Waals surface area contributed by atoms with Crippen LogP contribution in [0, 0.1) is 5.41 Å². The van der Waals surface area contributed by atoms with Gasteiger partial charge in [-0.15, -0.1) is 0 Å². The summed E-state index contributed by atoms with van der Waals surface area (Å²) in [4.78, 5) is 48.4. The maximum Gasteiger partial charge on any atom is 0.320 e. The number of nitrogens with two attached hydrogens (primary N) is 1. The fraction of sp³-hybridized carbons (Fsp3) is 0.150. The van der Waals surface area contributed by atoms with Crippen LogP contribution >= 0.6 is 15.9 Å². The molecule has 0 aromatic heterocycles. The first kappa shape index (κ1) is 25.3. The lowest BCUT2D eigenvalue weighted by Gasteiger charge is -2.17. The van der Waals surface area contributed by atoms with Gasteiger partial charge in [0.2, 0.25) is 11.8 Å². The van der Waals surface area contributed by atoms with Crippen LogP contribution in [0.3, 0.4) is 0 Å². The molecule has 9 N–H and O–H groups in total. The zero-order valence-electron chi connectivity index (χ0n) is 17.1. The Bertz CT molecular complexity index is 1050. The Morgan fingerprint density at radius 3 is 2.30 bits per heavy atom. The maximum absolute atomic E-state index is 12.2. The number of amides is 5. The van der Waals surface area contributed by atoms with Gasteiger partial charge < -0.3 is 32.1 Å². The van der Waals surface area contributed by atoms with E-state index >= 15 is 0 Å². The van der Waals surface area contributed by atoms with E-state index in [-0.39, 0.29) is 11.5 Å². The molecule has 13 heteroatoms. The van der Waals surface area contributed by atoms with Crippen molar-refractivity contribution >= 4 is 57.0 Å². The predicted molar refractivity (Wildman–Crippen MR) is 125 cm³/mol. The number of hydrogen-bond donors (Lipinski definition) is 8. The van der Waals surface area contributed by atoms with Crippen molar-refractivity contribution in [3.05, 3.63) is 58.6 Å². The molecule has 0 fully saturated rings. The molecule has 0 heterocycles. The SMILES string of the molecule is N=C(N)Nc1ccc(C(=O)NC(=O)CNC(=O)[C@H](CO)NC(=O)Nc2ccccc2Br)cc1. The Morgan fingerprint density at radius 1 is 1.03 bits per heavy atom. The summed E-state index contributed by atoms with van der Waals surface area (Å²) in [5.41, 5.74) is 6.33. The third-order valence-electron chi connectivity index (χ3n) is 4.03. The van der Waals surface area contributed by atoms with E-state index in [9.17, 15) is 24.3 Å². The number of guanidine groups is 1. The van der Waals surface area contributed by atoms with Crippen molar-refractivity contribution in [1.29, 1.82) is 5.41 Å². The minimum Gasteiger partial charge on any atom is -0.394 e. The molecule has 1 atom stereocenters. The molecule has 0 aliphatic rings. The molecular formula is C20H22BrN7O5. The number of aliphatic hydroxyl groups excluding tert-OH is 1. The highest BCUT2D eigenvalue weighted by atomic mass is 79.9. The van der Waals surface area contributed by atoms with Crippen LogP contribution in [0.5, 0.6) is 0 Å². The van der Waals surface area contributed by atoms with Gasteiger partial charge in [0.05, 0.1) is 18.8 Å². The Labute approximate surface area is 196 Å². The minimum absolute atomic E-state index is 0.169. The van der Waals surface area contributed by atoms with Gasteiger partial charge in [0, 0.05) is 15.7 Å². The van der Waals surface area contributed by atoms with Crippen molar-refractivity contribution in [3.63, 3.8) is 0 Å². The number of hydrogen-bond acceptors (Lipinski definition) is 6. The summed E-state index contributed by atoms with van der Waals surface area (Å²) in [6, 6.07) is 10.6. The number of carbonyl (C=O) groups is 4. The van der Waals surface area contributed by atoms with E-state index in [4.69, 9.17) is 11.1 Å². The van der Waals surface area contributed by atoms with Gasteiger partial charge >= 0.3 is 6.03 Å². The molecular weight excluding hydrogens is 498 g/mol. The number of imide groups is 1. The smallest absolute Gasteiger partial charge is 0.320 e. The maximum atomic E-state index is 12.2. The fourth-order valence-corrected chi connectivity index (χ4v) is 2.85. The van der Waals surface area contributed by atoms with Crippen LogP contribution in [0.25, 0.3) is 0 Å². The van der Waals surface area contributed by atoms with Crippen LogP contribution in [0.15, 0.2) is 53.0 Å². The Kier molecular flexibility index (Phi) is 9.32. The number of urea groups is 1. The van der Waals surface area contributed by atoms with Crippen LogP contribution < -0.4 is 32.3 Å². The number of nitrogens with one attached hydrogen (secondary N) is 6. The van der Waals surface area contributed by atoms with E-state index < -0.39 is 42.9 Å². The molecule has 0 aliphatic carbocycles. The topological polar surface area (TPSA) is 199 Å². The van der Waals surface area contributed by atoms with Crippen LogP contribution in [-0.2, 0) is 9.59 Å². The largest absolute Gasteiger partial charge is 0.394 e. The van der Waals surface area contributed by atoms with Crippen molar-refractivity contribution in [2.45, 2.75) is 6.04 Å². The zero-order chi connectivity index (χ0) is 24.4. The summed E-state index contributed by atoms with van der Waals surface area (Å²) in [6.45, 7) is -1.27. The minimum atomic E-state index is -1.32. The number of para-hydroxylation sites is 1. The van der Waals surface area contributed by atoms with Crippen LogP contribution in [-0.4, -0.2) is 54.0 Å². The van der Waals surface area contributed by atoms with Gasteiger partial charge in [-0.2, -0.15) is 0 Å². The highest BCUT2D eigenvalue weighted by Crippen LogP contribution is 2.20. The molecule has 2 rings (SSSR count). The van der Waals surface area contributed by atoms with Gasteiger partial charge in [0.25, 0.3) is 5.91 Å². The summed E-state index contributed by atoms with van der Waals surface area (Å²) in [5.74, 6) is -2.58. The number of benzene rings is 2. The van der Waals surface area contributed by atoms with E-state index in [0.29, 0.717) is 15.8 Å². The molecule has 0 saturated carbocycles. The van der Waals surface area contributed by atoms with E-state index in [1.165, 1.54) is 24.3 Å². The normalized spacial score (nSPS) is 11.0. The Hall–Kier alpha value is -3.97. The van der Waals surface area contributed by atoms with E-state index in [0.717, 1.165) is 0 Å². The molecule has 0 bridgehead atoms. The zero-order valence-corrected chi connectivity index (χ0v) is 18.7. The van der Waals surface area contributed by atoms with E-state index in [1.807, 2.05) is 0 Å².